The zero-order valence-electron chi connectivity index (χ0n) is 21.4. The first-order valence-corrected chi connectivity index (χ1v) is 14.1. The van der Waals surface area contributed by atoms with Crippen LogP contribution in [0.2, 0.25) is 0 Å². The molecular formula is C27H34N4O5S. The van der Waals surface area contributed by atoms with Gasteiger partial charge in [-0.1, -0.05) is 6.92 Å². The smallest absolute Gasteiger partial charge is 0.255 e. The molecule has 0 radical (unpaired) electrons. The highest BCUT2D eigenvalue weighted by Gasteiger charge is 2.35. The van der Waals surface area contributed by atoms with E-state index in [4.69, 9.17) is 0 Å². The first kappa shape index (κ1) is 26.8. The highest BCUT2D eigenvalue weighted by atomic mass is 32.2. The number of anilines is 2. The number of carbonyl (C=O) groups excluding carboxylic acids is 3. The summed E-state index contributed by atoms with van der Waals surface area (Å²) in [6, 6.07) is 12.7. The van der Waals surface area contributed by atoms with E-state index in [1.54, 1.807) is 41.3 Å². The summed E-state index contributed by atoms with van der Waals surface area (Å²) in [5.41, 5.74) is 1.41. The average Bonchev–Trinajstić information content (AvgIpc) is 3.27. The molecule has 2 saturated heterocycles. The van der Waals surface area contributed by atoms with E-state index >= 15 is 0 Å². The predicted octanol–water partition coefficient (Wildman–Crippen LogP) is 3.55. The first-order chi connectivity index (χ1) is 17.5. The van der Waals surface area contributed by atoms with Crippen molar-refractivity contribution in [2.24, 2.45) is 11.8 Å². The van der Waals surface area contributed by atoms with Crippen LogP contribution in [0.15, 0.2) is 53.4 Å². The number of nitrogens with one attached hydrogen (secondary N) is 2. The van der Waals surface area contributed by atoms with Crippen molar-refractivity contribution in [3.05, 3.63) is 54.1 Å². The zero-order valence-corrected chi connectivity index (χ0v) is 22.3. The minimum Gasteiger partial charge on any atom is -0.339 e. The largest absolute Gasteiger partial charge is 0.339 e. The van der Waals surface area contributed by atoms with Crippen molar-refractivity contribution in [3.8, 4) is 0 Å². The van der Waals surface area contributed by atoms with Gasteiger partial charge in [0.15, 0.2) is 0 Å². The molecule has 2 fully saturated rings. The fourth-order valence-electron chi connectivity index (χ4n) is 4.64. The quantitative estimate of drug-likeness (QED) is 0.572. The first-order valence-electron chi connectivity index (χ1n) is 12.7. The third-order valence-electron chi connectivity index (χ3n) is 7.06. The normalized spacial score (nSPS) is 19.3. The highest BCUT2D eigenvalue weighted by molar-refractivity contribution is 7.89. The number of rotatable bonds is 7. The molecule has 0 saturated carbocycles. The summed E-state index contributed by atoms with van der Waals surface area (Å²) in [7, 11) is -3.55. The fraction of sp³-hybridized carbons (Fsp3) is 0.444. The standard InChI is InChI=1S/C27H34N4O5S/c1-18(2)31-17-21(16-25(31)32)27(34)29-22-6-4-20(5-7-22)26(33)28-23-8-10-24(11-9-23)37(35,36)30-14-12-19(3)13-15-30/h4-11,18-19,21H,12-17H2,1-3H3,(H,28,33)(H,29,34). The number of hydrogen-bond donors (Lipinski definition) is 2. The molecule has 37 heavy (non-hydrogen) atoms. The molecule has 2 aliphatic heterocycles. The van der Waals surface area contributed by atoms with Gasteiger partial charge in [-0.2, -0.15) is 4.31 Å². The Hall–Kier alpha value is -3.24. The number of sulfonamides is 1. The van der Waals surface area contributed by atoms with Gasteiger partial charge in [0.25, 0.3) is 5.91 Å². The van der Waals surface area contributed by atoms with Crippen LogP contribution in [0.4, 0.5) is 11.4 Å². The van der Waals surface area contributed by atoms with Crippen molar-refractivity contribution in [2.75, 3.05) is 30.3 Å². The van der Waals surface area contributed by atoms with E-state index < -0.39 is 15.9 Å². The topological polar surface area (TPSA) is 116 Å². The van der Waals surface area contributed by atoms with Crippen molar-refractivity contribution < 1.29 is 22.8 Å². The second-order valence-corrected chi connectivity index (χ2v) is 12.1. The van der Waals surface area contributed by atoms with Crippen molar-refractivity contribution in [1.29, 1.82) is 0 Å². The minimum atomic E-state index is -3.55. The number of likely N-dealkylation sites (tertiary alicyclic amines) is 1. The van der Waals surface area contributed by atoms with E-state index in [9.17, 15) is 22.8 Å². The maximum atomic E-state index is 12.9. The molecule has 2 aromatic rings. The van der Waals surface area contributed by atoms with E-state index in [0.717, 1.165) is 12.8 Å². The molecular weight excluding hydrogens is 492 g/mol. The lowest BCUT2D eigenvalue weighted by Crippen LogP contribution is -2.37. The van der Waals surface area contributed by atoms with Gasteiger partial charge in [0.2, 0.25) is 21.8 Å². The van der Waals surface area contributed by atoms with Crippen LogP contribution in [0, 0.1) is 11.8 Å². The van der Waals surface area contributed by atoms with Crippen LogP contribution in [-0.2, 0) is 19.6 Å². The summed E-state index contributed by atoms with van der Waals surface area (Å²) >= 11 is 0. The summed E-state index contributed by atoms with van der Waals surface area (Å²) < 4.78 is 27.3. The third-order valence-corrected chi connectivity index (χ3v) is 8.97. The lowest BCUT2D eigenvalue weighted by Gasteiger charge is -2.29. The molecule has 2 aliphatic rings. The van der Waals surface area contributed by atoms with Gasteiger partial charge in [-0.25, -0.2) is 8.42 Å². The van der Waals surface area contributed by atoms with E-state index in [1.165, 1.54) is 16.4 Å². The molecule has 0 bridgehead atoms. The van der Waals surface area contributed by atoms with Gasteiger partial charge >= 0.3 is 0 Å². The zero-order chi connectivity index (χ0) is 26.7. The van der Waals surface area contributed by atoms with Gasteiger partial charge in [-0.15, -0.1) is 0 Å². The van der Waals surface area contributed by atoms with Gasteiger partial charge in [0.1, 0.15) is 0 Å². The van der Waals surface area contributed by atoms with E-state index in [0.29, 0.717) is 42.5 Å². The highest BCUT2D eigenvalue weighted by Crippen LogP contribution is 2.25. The molecule has 1 atom stereocenters. The summed E-state index contributed by atoms with van der Waals surface area (Å²) in [4.78, 5) is 39.3. The van der Waals surface area contributed by atoms with E-state index in [2.05, 4.69) is 17.6 Å². The van der Waals surface area contributed by atoms with Crippen LogP contribution in [0.5, 0.6) is 0 Å². The maximum absolute atomic E-state index is 12.9. The van der Waals surface area contributed by atoms with Gasteiger partial charge in [0, 0.05) is 49.0 Å². The Kier molecular flexibility index (Phi) is 7.99. The molecule has 4 rings (SSSR count). The summed E-state index contributed by atoms with van der Waals surface area (Å²) in [6.45, 7) is 7.43. The van der Waals surface area contributed by atoms with Gasteiger partial charge in [0.05, 0.1) is 10.8 Å². The number of piperidine rings is 1. The molecule has 0 aliphatic carbocycles. The van der Waals surface area contributed by atoms with Crippen molar-refractivity contribution in [2.45, 2.75) is 51.0 Å². The van der Waals surface area contributed by atoms with Crippen molar-refractivity contribution in [3.63, 3.8) is 0 Å². The second kappa shape index (κ2) is 11.0. The summed E-state index contributed by atoms with van der Waals surface area (Å²) in [6.07, 6.45) is 1.90. The molecule has 2 heterocycles. The second-order valence-electron chi connectivity index (χ2n) is 10.2. The third kappa shape index (κ3) is 6.19. The molecule has 3 amide bonds. The Balaban J connectivity index is 1.33. The summed E-state index contributed by atoms with van der Waals surface area (Å²) in [5.74, 6) is -0.463. The Labute approximate surface area is 218 Å². The number of benzene rings is 2. The van der Waals surface area contributed by atoms with Gasteiger partial charge in [-0.05, 0) is 81.1 Å². The molecule has 0 spiro atoms. The van der Waals surface area contributed by atoms with Crippen LogP contribution >= 0.6 is 0 Å². The average molecular weight is 527 g/mol. The van der Waals surface area contributed by atoms with Crippen LogP contribution in [0.3, 0.4) is 0 Å². The number of hydrogen-bond acceptors (Lipinski definition) is 5. The van der Waals surface area contributed by atoms with Crippen molar-refractivity contribution in [1.82, 2.24) is 9.21 Å². The van der Waals surface area contributed by atoms with Crippen LogP contribution in [0.25, 0.3) is 0 Å². The van der Waals surface area contributed by atoms with E-state index in [1.807, 2.05) is 13.8 Å². The molecule has 0 aromatic heterocycles. The Morgan fingerprint density at radius 2 is 1.49 bits per heavy atom. The monoisotopic (exact) mass is 526 g/mol. The maximum Gasteiger partial charge on any atom is 0.255 e. The molecule has 2 N–H and O–H groups in total. The van der Waals surface area contributed by atoms with Crippen LogP contribution in [0.1, 0.15) is 50.4 Å². The lowest BCUT2D eigenvalue weighted by molar-refractivity contribution is -0.129. The molecule has 198 valence electrons. The molecule has 10 heteroatoms. The Bertz CT molecular complexity index is 1250. The fourth-order valence-corrected chi connectivity index (χ4v) is 6.11. The van der Waals surface area contributed by atoms with Crippen LogP contribution < -0.4 is 10.6 Å². The molecule has 2 aromatic carbocycles. The lowest BCUT2D eigenvalue weighted by atomic mass is 10.0. The number of amides is 3. The van der Waals surface area contributed by atoms with Crippen molar-refractivity contribution >= 4 is 39.1 Å². The minimum absolute atomic E-state index is 0.0195. The number of nitrogens with zero attached hydrogens (tertiary/aromatic N) is 2. The molecule has 1 unspecified atom stereocenters. The Morgan fingerprint density at radius 3 is 2.05 bits per heavy atom. The molecule has 9 nitrogen and oxygen atoms in total. The summed E-state index contributed by atoms with van der Waals surface area (Å²) in [5, 5.41) is 5.59. The Morgan fingerprint density at radius 1 is 0.919 bits per heavy atom. The van der Waals surface area contributed by atoms with E-state index in [-0.39, 0.29) is 35.1 Å². The van der Waals surface area contributed by atoms with Gasteiger partial charge < -0.3 is 15.5 Å². The van der Waals surface area contributed by atoms with Crippen LogP contribution in [-0.4, -0.2) is 61.0 Å². The number of carbonyl (C=O) groups is 3. The van der Waals surface area contributed by atoms with Gasteiger partial charge in [-0.3, -0.25) is 14.4 Å². The predicted molar refractivity (Wildman–Crippen MR) is 142 cm³/mol. The SMILES string of the molecule is CC1CCN(S(=O)(=O)c2ccc(NC(=O)c3ccc(NC(=O)C4CC(=O)N(C(C)C)C4)cc3)cc2)CC1.